The zero-order valence-corrected chi connectivity index (χ0v) is 45.2. The van der Waals surface area contributed by atoms with Crippen LogP contribution in [0.2, 0.25) is 0 Å². The van der Waals surface area contributed by atoms with Gasteiger partial charge in [-0.15, -0.1) is 0 Å². The first kappa shape index (κ1) is 51.9. The summed E-state index contributed by atoms with van der Waals surface area (Å²) in [5.74, 6) is 0. The van der Waals surface area contributed by atoms with E-state index < -0.39 is 0 Å². The Kier molecular flexibility index (Phi) is 17.5. The fourth-order valence-electron chi connectivity index (χ4n) is 9.59. The van der Waals surface area contributed by atoms with Crippen LogP contribution in [0.25, 0.3) is 66.1 Å². The van der Waals surface area contributed by atoms with E-state index in [-0.39, 0.29) is 0 Å². The van der Waals surface area contributed by atoms with Gasteiger partial charge >= 0.3 is 0 Å². The van der Waals surface area contributed by atoms with Crippen LogP contribution in [0.15, 0.2) is 338 Å². The van der Waals surface area contributed by atoms with Crippen molar-refractivity contribution in [2.45, 2.75) is 6.92 Å². The van der Waals surface area contributed by atoms with Gasteiger partial charge in [0.25, 0.3) is 0 Å². The summed E-state index contributed by atoms with van der Waals surface area (Å²) < 4.78 is 1.12. The number of hydrogen-bond donors (Lipinski definition) is 1. The Labute approximate surface area is 468 Å². The number of para-hydroxylation sites is 2. The Morgan fingerprint density at radius 3 is 1.12 bits per heavy atom. The summed E-state index contributed by atoms with van der Waals surface area (Å²) in [5, 5.41) is 8.53. The Bertz CT molecular complexity index is 3880. The molecule has 0 aliphatic rings. The van der Waals surface area contributed by atoms with Crippen molar-refractivity contribution in [3.63, 3.8) is 0 Å². The van der Waals surface area contributed by atoms with Crippen LogP contribution in [-0.2, 0) is 0 Å². The zero-order chi connectivity index (χ0) is 53.1. The topological polar surface area (TPSA) is 15.3 Å². The highest BCUT2D eigenvalue weighted by atomic mass is 79.9. The molecule has 1 N–H and O–H groups in total. The molecule has 13 aromatic carbocycles. The van der Waals surface area contributed by atoms with E-state index in [1.165, 1.54) is 77.3 Å². The quantitative estimate of drug-likeness (QED) is 0.155. The van der Waals surface area contributed by atoms with E-state index in [2.05, 4.69) is 324 Å². The molecule has 0 spiro atoms. The molecule has 0 radical (unpaired) electrons. The molecule has 3 heteroatoms. The molecule has 0 amide bonds. The summed E-state index contributed by atoms with van der Waals surface area (Å²) in [6.07, 6.45) is 0. The molecule has 0 heterocycles. The SMILES string of the molecule is Brc1ccc(-c2ccccc2)cc1.Cc1ccccc1.c1ccc(-c2ccc(N(c3ccccc3)c3cccc4cccc(-c5ccccc5)c34)cc2)cc1.c1ccc(Nc2cccc3cccc(-c4ccccc4)c23)cc1. The summed E-state index contributed by atoms with van der Waals surface area (Å²) in [6, 6.07) is 117. The summed E-state index contributed by atoms with van der Waals surface area (Å²) in [6.45, 7) is 2.08. The van der Waals surface area contributed by atoms with Gasteiger partial charge in [0.1, 0.15) is 0 Å². The van der Waals surface area contributed by atoms with Crippen LogP contribution < -0.4 is 10.2 Å². The fourth-order valence-corrected chi connectivity index (χ4v) is 9.86. The van der Waals surface area contributed by atoms with Crippen LogP contribution in [0.3, 0.4) is 0 Å². The van der Waals surface area contributed by atoms with Gasteiger partial charge in [0.05, 0.1) is 5.69 Å². The molecular formula is C75H59BrN2. The lowest BCUT2D eigenvalue weighted by Gasteiger charge is -2.28. The van der Waals surface area contributed by atoms with Crippen LogP contribution >= 0.6 is 15.9 Å². The molecule has 13 aromatic rings. The molecule has 78 heavy (non-hydrogen) atoms. The van der Waals surface area contributed by atoms with Crippen molar-refractivity contribution in [1.29, 1.82) is 0 Å². The first-order valence-electron chi connectivity index (χ1n) is 26.4. The van der Waals surface area contributed by atoms with E-state index in [1.807, 2.05) is 42.5 Å². The van der Waals surface area contributed by atoms with E-state index in [4.69, 9.17) is 0 Å². The molecule has 0 aliphatic heterocycles. The molecule has 376 valence electrons. The van der Waals surface area contributed by atoms with Crippen LogP contribution in [-0.4, -0.2) is 0 Å². The average molecular weight is 1070 g/mol. The number of hydrogen-bond acceptors (Lipinski definition) is 2. The average Bonchev–Trinajstić information content (AvgIpc) is 3.54. The maximum atomic E-state index is 3.56. The Morgan fingerprint density at radius 2 is 0.641 bits per heavy atom. The van der Waals surface area contributed by atoms with Crippen molar-refractivity contribution < 1.29 is 0 Å². The lowest BCUT2D eigenvalue weighted by atomic mass is 9.96. The molecule has 2 nitrogen and oxygen atoms in total. The first-order valence-corrected chi connectivity index (χ1v) is 27.1. The molecule has 0 saturated heterocycles. The summed E-state index contributed by atoms with van der Waals surface area (Å²) in [7, 11) is 0. The molecular weight excluding hydrogens is 1010 g/mol. The Hall–Kier alpha value is -9.54. The molecule has 0 atom stereocenters. The number of fused-ring (bicyclic) bond motifs is 2. The molecule has 0 unspecified atom stereocenters. The lowest BCUT2D eigenvalue weighted by Crippen LogP contribution is -2.10. The highest BCUT2D eigenvalue weighted by molar-refractivity contribution is 9.10. The van der Waals surface area contributed by atoms with Crippen molar-refractivity contribution >= 4 is 65.9 Å². The highest BCUT2D eigenvalue weighted by Gasteiger charge is 2.18. The number of rotatable bonds is 9. The molecule has 0 bridgehead atoms. The molecule has 0 saturated carbocycles. The zero-order valence-electron chi connectivity index (χ0n) is 43.6. The predicted octanol–water partition coefficient (Wildman–Crippen LogP) is 22.0. The maximum absolute atomic E-state index is 3.56. The minimum Gasteiger partial charge on any atom is -0.355 e. The molecule has 13 rings (SSSR count). The van der Waals surface area contributed by atoms with Gasteiger partial charge in [-0.1, -0.05) is 294 Å². The van der Waals surface area contributed by atoms with Gasteiger partial charge in [-0.2, -0.15) is 0 Å². The van der Waals surface area contributed by atoms with E-state index in [0.29, 0.717) is 0 Å². The lowest BCUT2D eigenvalue weighted by molar-refractivity contribution is 1.30. The van der Waals surface area contributed by atoms with E-state index >= 15 is 0 Å². The highest BCUT2D eigenvalue weighted by Crippen LogP contribution is 2.43. The Morgan fingerprint density at radius 1 is 0.282 bits per heavy atom. The van der Waals surface area contributed by atoms with Crippen molar-refractivity contribution in [3.05, 3.63) is 344 Å². The third kappa shape index (κ3) is 13.3. The normalized spacial score (nSPS) is 10.4. The van der Waals surface area contributed by atoms with Crippen molar-refractivity contribution in [2.24, 2.45) is 0 Å². The van der Waals surface area contributed by atoms with Crippen LogP contribution in [0.1, 0.15) is 5.56 Å². The van der Waals surface area contributed by atoms with Gasteiger partial charge < -0.3 is 10.2 Å². The van der Waals surface area contributed by atoms with Crippen molar-refractivity contribution in [2.75, 3.05) is 10.2 Å². The smallest absolute Gasteiger partial charge is 0.0546 e. The summed E-state index contributed by atoms with van der Waals surface area (Å²) >= 11 is 3.42. The number of nitrogens with one attached hydrogen (secondary N) is 1. The van der Waals surface area contributed by atoms with E-state index in [1.54, 1.807) is 0 Å². The van der Waals surface area contributed by atoms with Gasteiger partial charge in [-0.3, -0.25) is 0 Å². The second kappa shape index (κ2) is 26.3. The minimum atomic E-state index is 1.10. The van der Waals surface area contributed by atoms with Crippen LogP contribution in [0.4, 0.5) is 28.4 Å². The number of halogens is 1. The van der Waals surface area contributed by atoms with Crippen molar-refractivity contribution in [1.82, 2.24) is 0 Å². The van der Waals surface area contributed by atoms with E-state index in [9.17, 15) is 0 Å². The Balaban J connectivity index is 0.000000136. The van der Waals surface area contributed by atoms with Crippen LogP contribution in [0, 0.1) is 6.92 Å². The molecule has 0 aliphatic carbocycles. The molecule has 0 fully saturated rings. The standard InChI is InChI=1S/C34H25N.C22H17N.C12H9Br.C7H8/c1-4-12-26(13-5-1)27-22-24-31(25-23-27)35(30-18-8-3-9-19-30)33-21-11-17-29-16-10-20-32(34(29)33)28-14-6-2-7-15-28;1-3-9-17(10-4-1)20-15-7-11-18-12-8-16-21(22(18)20)23-19-13-5-2-6-14-19;13-12-8-6-11(7-9-12)10-4-2-1-3-5-10;1-7-5-3-2-4-6-7/h1-25H;1-16,23H;1-9H;2-6H,1H3. The number of anilines is 5. The van der Waals surface area contributed by atoms with Gasteiger partial charge in [0, 0.05) is 38.0 Å². The van der Waals surface area contributed by atoms with Gasteiger partial charge in [-0.05, 0) is 123 Å². The van der Waals surface area contributed by atoms with Gasteiger partial charge in [0.2, 0.25) is 0 Å². The third-order valence-electron chi connectivity index (χ3n) is 13.4. The third-order valence-corrected chi connectivity index (χ3v) is 13.9. The second-order valence-electron chi connectivity index (χ2n) is 18.7. The number of benzene rings is 13. The fraction of sp³-hybridized carbons (Fsp3) is 0.0133. The minimum absolute atomic E-state index is 1.10. The largest absolute Gasteiger partial charge is 0.355 e. The monoisotopic (exact) mass is 1070 g/mol. The summed E-state index contributed by atoms with van der Waals surface area (Å²) in [5.41, 5.74) is 16.9. The van der Waals surface area contributed by atoms with Crippen molar-refractivity contribution in [3.8, 4) is 44.5 Å². The van der Waals surface area contributed by atoms with Gasteiger partial charge in [0.15, 0.2) is 0 Å². The predicted molar refractivity (Wildman–Crippen MR) is 339 cm³/mol. The molecule has 0 aromatic heterocycles. The van der Waals surface area contributed by atoms with E-state index in [0.717, 1.165) is 27.2 Å². The van der Waals surface area contributed by atoms with Crippen LogP contribution in [0.5, 0.6) is 0 Å². The first-order chi connectivity index (χ1) is 38.6. The summed E-state index contributed by atoms with van der Waals surface area (Å²) in [4.78, 5) is 2.36. The number of nitrogens with zero attached hydrogens (tertiary/aromatic N) is 1. The number of aryl methyl sites for hydroxylation is 1. The maximum Gasteiger partial charge on any atom is 0.0546 e. The van der Waals surface area contributed by atoms with Gasteiger partial charge in [-0.25, -0.2) is 0 Å². The second-order valence-corrected chi connectivity index (χ2v) is 19.6.